The second-order valence-corrected chi connectivity index (χ2v) is 7.71. The van der Waals surface area contributed by atoms with Crippen LogP contribution in [0.15, 0.2) is 24.7 Å². The minimum Gasteiger partial charge on any atom is -0.350 e. The first-order valence-corrected chi connectivity index (χ1v) is 8.67. The average Bonchev–Trinajstić information content (AvgIpc) is 2.83. The molecule has 120 valence electrons. The van der Waals surface area contributed by atoms with Crippen molar-refractivity contribution in [2.45, 2.75) is 26.3 Å². The number of nitrogens with one attached hydrogen (secondary N) is 2. The molecule has 2 aromatic heterocycles. The Balaban J connectivity index is 2.13. The summed E-state index contributed by atoms with van der Waals surface area (Å²) < 4.78 is 26.9. The lowest BCUT2D eigenvalue weighted by molar-refractivity contribution is 0.0943. The molecule has 2 heterocycles. The van der Waals surface area contributed by atoms with Crippen LogP contribution in [-0.2, 0) is 10.0 Å². The molecule has 2 N–H and O–H groups in total. The van der Waals surface area contributed by atoms with Gasteiger partial charge in [0.15, 0.2) is 0 Å². The van der Waals surface area contributed by atoms with Gasteiger partial charge in [-0.25, -0.2) is 18.1 Å². The van der Waals surface area contributed by atoms with Gasteiger partial charge in [-0.2, -0.15) is 0 Å². The number of carbonyl (C=O) groups excluding carboxylic acids is 1. The standard InChI is InChI=1S/C14H20N4O3S/c1-10-12(6-5-11-7-15-9-18(10)11)13(19)16-8-14(2,3)17-22(4,20)21/h5-7,9,17H,8H2,1-4H3,(H,16,19). The van der Waals surface area contributed by atoms with Gasteiger partial charge in [0.25, 0.3) is 5.91 Å². The second-order valence-electron chi connectivity index (χ2n) is 5.96. The van der Waals surface area contributed by atoms with Crippen LogP contribution in [0.1, 0.15) is 29.9 Å². The van der Waals surface area contributed by atoms with Crippen LogP contribution in [0.3, 0.4) is 0 Å². The number of pyridine rings is 1. The number of fused-ring (bicyclic) bond motifs is 1. The van der Waals surface area contributed by atoms with Crippen molar-refractivity contribution >= 4 is 21.4 Å². The number of hydrogen-bond acceptors (Lipinski definition) is 4. The van der Waals surface area contributed by atoms with Crippen molar-refractivity contribution in [1.82, 2.24) is 19.4 Å². The maximum absolute atomic E-state index is 12.3. The van der Waals surface area contributed by atoms with Crippen LogP contribution in [0.2, 0.25) is 0 Å². The van der Waals surface area contributed by atoms with Crippen molar-refractivity contribution in [1.29, 1.82) is 0 Å². The molecule has 2 aromatic rings. The highest BCUT2D eigenvalue weighted by atomic mass is 32.2. The smallest absolute Gasteiger partial charge is 0.253 e. The first kappa shape index (κ1) is 16.4. The quantitative estimate of drug-likeness (QED) is 0.847. The SMILES string of the molecule is Cc1c(C(=O)NCC(C)(C)NS(C)(=O)=O)ccc2cncn12. The summed E-state index contributed by atoms with van der Waals surface area (Å²) in [4.78, 5) is 16.4. The first-order chi connectivity index (χ1) is 10.1. The van der Waals surface area contributed by atoms with Crippen LogP contribution < -0.4 is 10.0 Å². The number of aromatic nitrogens is 2. The zero-order chi connectivity index (χ0) is 16.5. The van der Waals surface area contributed by atoms with Crippen LogP contribution in [0, 0.1) is 6.92 Å². The van der Waals surface area contributed by atoms with E-state index >= 15 is 0 Å². The highest BCUT2D eigenvalue weighted by Gasteiger charge is 2.23. The van der Waals surface area contributed by atoms with E-state index in [-0.39, 0.29) is 12.5 Å². The summed E-state index contributed by atoms with van der Waals surface area (Å²) in [6.45, 7) is 5.43. The second kappa shape index (κ2) is 5.69. The molecule has 0 saturated carbocycles. The minimum absolute atomic E-state index is 0.181. The fourth-order valence-corrected chi connectivity index (χ4v) is 3.38. The predicted molar refractivity (Wildman–Crippen MR) is 84.3 cm³/mol. The molecule has 0 radical (unpaired) electrons. The van der Waals surface area contributed by atoms with Crippen molar-refractivity contribution in [2.24, 2.45) is 0 Å². The van der Waals surface area contributed by atoms with E-state index in [1.54, 1.807) is 32.4 Å². The summed E-state index contributed by atoms with van der Waals surface area (Å²) in [6, 6.07) is 3.55. The normalized spacial score (nSPS) is 12.5. The van der Waals surface area contributed by atoms with Crippen LogP contribution in [0.4, 0.5) is 0 Å². The highest BCUT2D eigenvalue weighted by Crippen LogP contribution is 2.12. The predicted octanol–water partition coefficient (Wildman–Crippen LogP) is 0.700. The first-order valence-electron chi connectivity index (χ1n) is 6.78. The Kier molecular flexibility index (Phi) is 4.25. The van der Waals surface area contributed by atoms with Crippen LogP contribution in [0.5, 0.6) is 0 Å². The number of aryl methyl sites for hydroxylation is 1. The van der Waals surface area contributed by atoms with E-state index < -0.39 is 15.6 Å². The zero-order valence-corrected chi connectivity index (χ0v) is 13.9. The fraction of sp³-hybridized carbons (Fsp3) is 0.429. The molecule has 0 aliphatic rings. The van der Waals surface area contributed by atoms with Gasteiger partial charge in [0.05, 0.1) is 29.9 Å². The highest BCUT2D eigenvalue weighted by molar-refractivity contribution is 7.88. The van der Waals surface area contributed by atoms with Gasteiger partial charge in [0.2, 0.25) is 10.0 Å². The molecular weight excluding hydrogens is 304 g/mol. The third-order valence-electron chi connectivity index (χ3n) is 3.24. The van der Waals surface area contributed by atoms with Gasteiger partial charge in [-0.15, -0.1) is 0 Å². The molecule has 0 fully saturated rings. The molecule has 22 heavy (non-hydrogen) atoms. The molecule has 0 atom stereocenters. The number of hydrogen-bond donors (Lipinski definition) is 2. The van der Waals surface area contributed by atoms with Crippen LogP contribution >= 0.6 is 0 Å². The van der Waals surface area contributed by atoms with Gasteiger partial charge >= 0.3 is 0 Å². The topological polar surface area (TPSA) is 92.6 Å². The average molecular weight is 324 g/mol. The molecule has 7 nitrogen and oxygen atoms in total. The van der Waals surface area contributed by atoms with Crippen molar-refractivity contribution in [3.05, 3.63) is 35.9 Å². The Hall–Kier alpha value is -1.93. The van der Waals surface area contributed by atoms with Gasteiger partial charge in [-0.1, -0.05) is 0 Å². The Morgan fingerprint density at radius 2 is 2.05 bits per heavy atom. The molecule has 1 amide bonds. The third kappa shape index (κ3) is 3.83. The van der Waals surface area contributed by atoms with E-state index in [0.717, 1.165) is 17.5 Å². The molecule has 0 saturated heterocycles. The number of imidazole rings is 1. The molecule has 8 heteroatoms. The van der Waals surface area contributed by atoms with E-state index in [4.69, 9.17) is 0 Å². The van der Waals surface area contributed by atoms with E-state index in [0.29, 0.717) is 5.56 Å². The summed E-state index contributed by atoms with van der Waals surface area (Å²) in [6.07, 6.45) is 4.46. The van der Waals surface area contributed by atoms with E-state index in [1.807, 2.05) is 17.4 Å². The lowest BCUT2D eigenvalue weighted by Gasteiger charge is -2.25. The Morgan fingerprint density at radius 3 is 2.68 bits per heavy atom. The summed E-state index contributed by atoms with van der Waals surface area (Å²) >= 11 is 0. The fourth-order valence-electron chi connectivity index (χ4n) is 2.30. The van der Waals surface area contributed by atoms with Crippen LogP contribution in [0.25, 0.3) is 5.52 Å². The van der Waals surface area contributed by atoms with Gasteiger partial charge in [0, 0.05) is 17.8 Å². The summed E-state index contributed by atoms with van der Waals surface area (Å²) in [5, 5.41) is 2.76. The van der Waals surface area contributed by atoms with Crippen molar-refractivity contribution in [3.63, 3.8) is 0 Å². The maximum Gasteiger partial charge on any atom is 0.253 e. The Bertz CT molecular complexity index is 809. The van der Waals surface area contributed by atoms with Crippen molar-refractivity contribution in [2.75, 3.05) is 12.8 Å². The van der Waals surface area contributed by atoms with E-state index in [2.05, 4.69) is 15.0 Å². The van der Waals surface area contributed by atoms with E-state index in [1.165, 1.54) is 0 Å². The minimum atomic E-state index is -3.34. The largest absolute Gasteiger partial charge is 0.350 e. The number of carbonyl (C=O) groups is 1. The Morgan fingerprint density at radius 1 is 1.36 bits per heavy atom. The molecular formula is C14H20N4O3S. The summed E-state index contributed by atoms with van der Waals surface area (Å²) in [7, 11) is -3.34. The Labute approximate surface area is 129 Å². The van der Waals surface area contributed by atoms with Crippen molar-refractivity contribution in [3.8, 4) is 0 Å². The van der Waals surface area contributed by atoms with Gasteiger partial charge in [-0.3, -0.25) is 4.79 Å². The number of nitrogens with zero attached hydrogens (tertiary/aromatic N) is 2. The molecule has 0 aliphatic heterocycles. The molecule has 2 rings (SSSR count). The number of amides is 1. The number of sulfonamides is 1. The van der Waals surface area contributed by atoms with Crippen molar-refractivity contribution < 1.29 is 13.2 Å². The molecule has 0 unspecified atom stereocenters. The van der Waals surface area contributed by atoms with Gasteiger partial charge in [0.1, 0.15) is 0 Å². The molecule has 0 aliphatic carbocycles. The number of rotatable bonds is 5. The zero-order valence-electron chi connectivity index (χ0n) is 13.0. The lowest BCUT2D eigenvalue weighted by atomic mass is 10.1. The van der Waals surface area contributed by atoms with E-state index in [9.17, 15) is 13.2 Å². The van der Waals surface area contributed by atoms with Gasteiger partial charge < -0.3 is 9.72 Å². The summed E-state index contributed by atoms with van der Waals surface area (Å²) in [5.74, 6) is -0.253. The summed E-state index contributed by atoms with van der Waals surface area (Å²) in [5.41, 5.74) is 1.45. The third-order valence-corrected chi connectivity index (χ3v) is 4.16. The van der Waals surface area contributed by atoms with Gasteiger partial charge in [-0.05, 0) is 32.9 Å². The van der Waals surface area contributed by atoms with Crippen LogP contribution in [-0.4, -0.2) is 42.0 Å². The monoisotopic (exact) mass is 324 g/mol. The molecule has 0 bridgehead atoms. The lowest BCUT2D eigenvalue weighted by Crippen LogP contribution is -2.51. The molecule has 0 aromatic carbocycles. The molecule has 0 spiro atoms. The maximum atomic E-state index is 12.3.